The van der Waals surface area contributed by atoms with Gasteiger partial charge >= 0.3 is 0 Å². The molecule has 0 amide bonds. The minimum Gasteiger partial charge on any atom is -0.389 e. The van der Waals surface area contributed by atoms with Crippen molar-refractivity contribution in [3.63, 3.8) is 0 Å². The number of benzene rings is 1. The van der Waals surface area contributed by atoms with Crippen molar-refractivity contribution in [3.8, 4) is 6.07 Å². The molecule has 0 aliphatic rings. The van der Waals surface area contributed by atoms with Crippen LogP contribution in [-0.2, 0) is 10.0 Å². The quantitative estimate of drug-likeness (QED) is 0.846. The fourth-order valence-electron chi connectivity index (χ4n) is 1.19. The van der Waals surface area contributed by atoms with Gasteiger partial charge in [-0.25, -0.2) is 17.5 Å². The molecule has 0 fully saturated rings. The standard InChI is InChI=1S/C11H13FN2O3S/c1-11(2,15)7-14-18(16,17)10-5-3-4-9(12)8(10)6-13/h3-5,14-15H,7H2,1-2H3. The molecule has 7 heteroatoms. The minimum atomic E-state index is -4.03. The number of halogens is 1. The minimum absolute atomic E-state index is 0.239. The highest BCUT2D eigenvalue weighted by Crippen LogP contribution is 2.18. The molecule has 98 valence electrons. The molecule has 0 atom stereocenters. The van der Waals surface area contributed by atoms with Gasteiger partial charge in [-0.1, -0.05) is 6.07 Å². The molecule has 1 rings (SSSR count). The Kier molecular flexibility index (Phi) is 4.06. The van der Waals surface area contributed by atoms with Crippen LogP contribution in [0.1, 0.15) is 19.4 Å². The topological polar surface area (TPSA) is 90.2 Å². The van der Waals surface area contributed by atoms with Crippen molar-refractivity contribution < 1.29 is 17.9 Å². The summed E-state index contributed by atoms with van der Waals surface area (Å²) in [4.78, 5) is -0.436. The van der Waals surface area contributed by atoms with E-state index in [9.17, 15) is 17.9 Å². The fraction of sp³-hybridized carbons (Fsp3) is 0.364. The van der Waals surface area contributed by atoms with Gasteiger partial charge in [-0.15, -0.1) is 0 Å². The van der Waals surface area contributed by atoms with Gasteiger partial charge < -0.3 is 5.11 Å². The van der Waals surface area contributed by atoms with Crippen LogP contribution < -0.4 is 4.72 Å². The molecular weight excluding hydrogens is 259 g/mol. The monoisotopic (exact) mass is 272 g/mol. The number of nitriles is 1. The number of aliphatic hydroxyl groups is 1. The zero-order valence-electron chi connectivity index (χ0n) is 9.94. The highest BCUT2D eigenvalue weighted by Gasteiger charge is 2.23. The van der Waals surface area contributed by atoms with Crippen LogP contribution in [0, 0.1) is 17.1 Å². The summed E-state index contributed by atoms with van der Waals surface area (Å²) in [7, 11) is -4.03. The molecule has 0 saturated heterocycles. The van der Waals surface area contributed by atoms with Gasteiger partial charge in [0.1, 0.15) is 22.3 Å². The molecule has 0 heterocycles. The third kappa shape index (κ3) is 3.50. The van der Waals surface area contributed by atoms with Crippen molar-refractivity contribution in [2.75, 3.05) is 6.54 Å². The summed E-state index contributed by atoms with van der Waals surface area (Å²) in [6.07, 6.45) is 0. The summed E-state index contributed by atoms with van der Waals surface area (Å²) >= 11 is 0. The number of nitrogens with one attached hydrogen (secondary N) is 1. The van der Waals surface area contributed by atoms with E-state index in [2.05, 4.69) is 4.72 Å². The second-order valence-corrected chi connectivity index (χ2v) is 6.10. The predicted molar refractivity (Wildman–Crippen MR) is 62.6 cm³/mol. The van der Waals surface area contributed by atoms with E-state index in [1.54, 1.807) is 0 Å². The summed E-state index contributed by atoms with van der Waals surface area (Å²) in [5.74, 6) is -0.899. The molecule has 0 spiro atoms. The first-order valence-corrected chi connectivity index (χ1v) is 6.56. The highest BCUT2D eigenvalue weighted by atomic mass is 32.2. The number of sulfonamides is 1. The molecule has 2 N–H and O–H groups in total. The largest absolute Gasteiger partial charge is 0.389 e. The lowest BCUT2D eigenvalue weighted by atomic mass is 10.1. The summed E-state index contributed by atoms with van der Waals surface area (Å²) < 4.78 is 39.2. The van der Waals surface area contributed by atoms with E-state index >= 15 is 0 Å². The summed E-state index contributed by atoms with van der Waals surface area (Å²) in [6, 6.07) is 4.85. The molecule has 0 aliphatic heterocycles. The van der Waals surface area contributed by atoms with Crippen molar-refractivity contribution in [2.45, 2.75) is 24.3 Å². The number of hydrogen-bond acceptors (Lipinski definition) is 4. The average molecular weight is 272 g/mol. The first kappa shape index (κ1) is 14.6. The summed E-state index contributed by atoms with van der Waals surface area (Å²) in [5, 5.41) is 18.2. The third-order valence-corrected chi connectivity index (χ3v) is 3.52. The van der Waals surface area contributed by atoms with Gasteiger partial charge in [0.05, 0.1) is 5.60 Å². The third-order valence-electron chi connectivity index (χ3n) is 2.07. The Bertz CT molecular complexity index is 585. The van der Waals surface area contributed by atoms with Crippen molar-refractivity contribution in [3.05, 3.63) is 29.6 Å². The maximum atomic E-state index is 13.3. The van der Waals surface area contributed by atoms with Crippen LogP contribution >= 0.6 is 0 Å². The Balaban J connectivity index is 3.15. The molecule has 1 aromatic rings. The first-order valence-electron chi connectivity index (χ1n) is 5.08. The normalized spacial score (nSPS) is 12.2. The molecule has 0 unspecified atom stereocenters. The molecule has 0 saturated carbocycles. The van der Waals surface area contributed by atoms with E-state index < -0.39 is 31.9 Å². The lowest BCUT2D eigenvalue weighted by molar-refractivity contribution is 0.0857. The summed E-state index contributed by atoms with van der Waals surface area (Å²) in [5.41, 5.74) is -1.78. The van der Waals surface area contributed by atoms with Crippen LogP contribution in [0.15, 0.2) is 23.1 Å². The van der Waals surface area contributed by atoms with Gasteiger partial charge in [-0.3, -0.25) is 0 Å². The molecule has 0 radical (unpaired) electrons. The fourth-order valence-corrected chi connectivity index (χ4v) is 2.55. The molecular formula is C11H13FN2O3S. The number of nitrogens with zero attached hydrogens (tertiary/aromatic N) is 1. The Morgan fingerprint density at radius 1 is 1.50 bits per heavy atom. The number of hydrogen-bond donors (Lipinski definition) is 2. The molecule has 18 heavy (non-hydrogen) atoms. The van der Waals surface area contributed by atoms with Gasteiger partial charge in [0.15, 0.2) is 0 Å². The Morgan fingerprint density at radius 3 is 2.61 bits per heavy atom. The zero-order chi connectivity index (χ0) is 14.0. The molecule has 5 nitrogen and oxygen atoms in total. The average Bonchev–Trinajstić information content (AvgIpc) is 2.25. The van der Waals surface area contributed by atoms with Crippen LogP contribution in [0.2, 0.25) is 0 Å². The van der Waals surface area contributed by atoms with Crippen LogP contribution in [0.3, 0.4) is 0 Å². The second kappa shape index (κ2) is 5.02. The van der Waals surface area contributed by atoms with Gasteiger partial charge in [0, 0.05) is 6.54 Å². The number of rotatable bonds is 4. The van der Waals surface area contributed by atoms with Crippen LogP contribution in [0.25, 0.3) is 0 Å². The smallest absolute Gasteiger partial charge is 0.242 e. The van der Waals surface area contributed by atoms with Crippen molar-refractivity contribution >= 4 is 10.0 Å². The van der Waals surface area contributed by atoms with Crippen molar-refractivity contribution in [1.82, 2.24) is 4.72 Å². The van der Waals surface area contributed by atoms with E-state index in [0.717, 1.165) is 12.1 Å². The van der Waals surface area contributed by atoms with Gasteiger partial charge in [-0.2, -0.15) is 5.26 Å². The Morgan fingerprint density at radius 2 is 2.11 bits per heavy atom. The molecule has 0 aromatic heterocycles. The van der Waals surface area contributed by atoms with E-state index in [4.69, 9.17) is 5.26 Å². The van der Waals surface area contributed by atoms with Crippen molar-refractivity contribution in [2.24, 2.45) is 0 Å². The maximum Gasteiger partial charge on any atom is 0.242 e. The first-order chi connectivity index (χ1) is 8.17. The van der Waals surface area contributed by atoms with Gasteiger partial charge in [0.25, 0.3) is 0 Å². The highest BCUT2D eigenvalue weighted by molar-refractivity contribution is 7.89. The van der Waals surface area contributed by atoms with Gasteiger partial charge in [-0.05, 0) is 26.0 Å². The Hall–Kier alpha value is -1.49. The molecule has 0 aliphatic carbocycles. The van der Waals surface area contributed by atoms with Gasteiger partial charge in [0.2, 0.25) is 10.0 Å². The lowest BCUT2D eigenvalue weighted by Gasteiger charge is -2.18. The van der Waals surface area contributed by atoms with E-state index in [-0.39, 0.29) is 6.54 Å². The predicted octanol–water partition coefficient (Wildman–Crippen LogP) is 0.747. The maximum absolute atomic E-state index is 13.3. The Labute approximate surface area is 105 Å². The van der Waals surface area contributed by atoms with Crippen LogP contribution in [0.4, 0.5) is 4.39 Å². The second-order valence-electron chi connectivity index (χ2n) is 4.36. The van der Waals surface area contributed by atoms with Crippen LogP contribution in [-0.4, -0.2) is 25.7 Å². The summed E-state index contributed by atoms with van der Waals surface area (Å²) in [6.45, 7) is 2.61. The lowest BCUT2D eigenvalue weighted by Crippen LogP contribution is -2.38. The van der Waals surface area contributed by atoms with E-state index in [1.807, 2.05) is 0 Å². The van der Waals surface area contributed by atoms with E-state index in [0.29, 0.717) is 0 Å². The zero-order valence-corrected chi connectivity index (χ0v) is 10.8. The van der Waals surface area contributed by atoms with E-state index in [1.165, 1.54) is 26.0 Å². The van der Waals surface area contributed by atoms with Crippen molar-refractivity contribution in [1.29, 1.82) is 5.26 Å². The molecule has 1 aromatic carbocycles. The SMILES string of the molecule is CC(C)(O)CNS(=O)(=O)c1cccc(F)c1C#N. The van der Waals surface area contributed by atoms with Crippen LogP contribution in [0.5, 0.6) is 0 Å². The molecule has 0 bridgehead atoms.